The van der Waals surface area contributed by atoms with E-state index in [4.69, 9.17) is 14.2 Å². The second-order valence-electron chi connectivity index (χ2n) is 7.48. The van der Waals surface area contributed by atoms with Crippen molar-refractivity contribution in [3.05, 3.63) is 89.2 Å². The third-order valence-electron chi connectivity index (χ3n) is 5.24. The van der Waals surface area contributed by atoms with Gasteiger partial charge in [0.1, 0.15) is 35.2 Å². The van der Waals surface area contributed by atoms with E-state index in [1.165, 1.54) is 44.6 Å². The molecule has 1 heterocycles. The molecule has 4 rings (SSSR count). The van der Waals surface area contributed by atoms with Crippen LogP contribution in [0, 0.1) is 5.82 Å². The summed E-state index contributed by atoms with van der Waals surface area (Å²) >= 11 is 0. The molecular weight excluding hydrogens is 455 g/mol. The fraction of sp³-hybridized carbons (Fsp3) is 0.115. The minimum absolute atomic E-state index is 0.0394. The molecule has 0 aliphatic carbocycles. The predicted molar refractivity (Wildman–Crippen MR) is 126 cm³/mol. The third-order valence-corrected chi connectivity index (χ3v) is 5.24. The van der Waals surface area contributed by atoms with Crippen molar-refractivity contribution in [2.75, 3.05) is 19.1 Å². The van der Waals surface area contributed by atoms with Gasteiger partial charge in [-0.3, -0.25) is 14.9 Å². The molecule has 4 amide bonds. The molecule has 0 radical (unpaired) electrons. The van der Waals surface area contributed by atoms with E-state index in [0.717, 1.165) is 4.90 Å². The number of rotatable bonds is 7. The number of carbonyl (C=O) groups is 3. The number of urea groups is 1. The lowest BCUT2D eigenvalue weighted by Crippen LogP contribution is -2.54. The minimum Gasteiger partial charge on any atom is -0.497 e. The first kappa shape index (κ1) is 23.5. The molecule has 1 fully saturated rings. The number of amides is 4. The molecule has 178 valence electrons. The van der Waals surface area contributed by atoms with Crippen molar-refractivity contribution in [3.8, 4) is 17.2 Å². The van der Waals surface area contributed by atoms with Gasteiger partial charge in [-0.25, -0.2) is 14.1 Å². The van der Waals surface area contributed by atoms with Crippen LogP contribution in [0.1, 0.15) is 11.1 Å². The van der Waals surface area contributed by atoms with Crippen molar-refractivity contribution in [1.29, 1.82) is 0 Å². The minimum atomic E-state index is -0.861. The van der Waals surface area contributed by atoms with Crippen LogP contribution < -0.4 is 24.4 Å². The van der Waals surface area contributed by atoms with Crippen LogP contribution in [0.2, 0.25) is 0 Å². The molecule has 0 bridgehead atoms. The van der Waals surface area contributed by atoms with Crippen molar-refractivity contribution in [1.82, 2.24) is 5.32 Å². The lowest BCUT2D eigenvalue weighted by atomic mass is 10.1. The second kappa shape index (κ2) is 10.1. The molecule has 0 atom stereocenters. The quantitative estimate of drug-likeness (QED) is 0.408. The van der Waals surface area contributed by atoms with Gasteiger partial charge in [0.2, 0.25) is 0 Å². The fourth-order valence-electron chi connectivity index (χ4n) is 3.45. The highest BCUT2D eigenvalue weighted by atomic mass is 19.1. The van der Waals surface area contributed by atoms with Crippen molar-refractivity contribution < 1.29 is 33.0 Å². The summed E-state index contributed by atoms with van der Waals surface area (Å²) in [4.78, 5) is 39.1. The molecule has 0 aromatic heterocycles. The van der Waals surface area contributed by atoms with Gasteiger partial charge in [-0.05, 0) is 60.2 Å². The summed E-state index contributed by atoms with van der Waals surface area (Å²) in [7, 11) is 2.98. The Labute approximate surface area is 200 Å². The molecule has 8 nitrogen and oxygen atoms in total. The first-order chi connectivity index (χ1) is 16.9. The Morgan fingerprint density at radius 3 is 2.31 bits per heavy atom. The topological polar surface area (TPSA) is 94.2 Å². The van der Waals surface area contributed by atoms with Crippen LogP contribution in [0.5, 0.6) is 17.2 Å². The molecule has 0 saturated carbocycles. The van der Waals surface area contributed by atoms with Crippen molar-refractivity contribution in [2.45, 2.75) is 6.61 Å². The lowest BCUT2D eigenvalue weighted by molar-refractivity contribution is -0.122. The first-order valence-electron chi connectivity index (χ1n) is 10.5. The van der Waals surface area contributed by atoms with Gasteiger partial charge >= 0.3 is 6.03 Å². The molecular formula is C26H21FN2O6. The third kappa shape index (κ3) is 5.14. The summed E-state index contributed by atoms with van der Waals surface area (Å²) in [5.41, 5.74) is 0.990. The van der Waals surface area contributed by atoms with Crippen molar-refractivity contribution in [3.63, 3.8) is 0 Å². The number of halogens is 1. The molecule has 1 aliphatic heterocycles. The second-order valence-corrected chi connectivity index (χ2v) is 7.48. The van der Waals surface area contributed by atoms with Gasteiger partial charge in [0.25, 0.3) is 11.8 Å². The number of hydrogen-bond donors (Lipinski definition) is 1. The molecule has 35 heavy (non-hydrogen) atoms. The number of anilines is 1. The van der Waals surface area contributed by atoms with Gasteiger partial charge < -0.3 is 14.2 Å². The number of ether oxygens (including phenoxy) is 3. The molecule has 9 heteroatoms. The summed E-state index contributed by atoms with van der Waals surface area (Å²) in [6.07, 6.45) is 1.33. The van der Waals surface area contributed by atoms with Crippen LogP contribution in [0.3, 0.4) is 0 Å². The van der Waals surface area contributed by atoms with E-state index in [-0.39, 0.29) is 17.9 Å². The number of carbonyl (C=O) groups excluding carboxylic acids is 3. The zero-order chi connectivity index (χ0) is 24.9. The Hall–Kier alpha value is -4.66. The molecule has 0 unspecified atom stereocenters. The van der Waals surface area contributed by atoms with Gasteiger partial charge in [-0.2, -0.15) is 0 Å². The number of benzene rings is 3. The molecule has 3 aromatic rings. The zero-order valence-corrected chi connectivity index (χ0v) is 18.9. The predicted octanol–water partition coefficient (Wildman–Crippen LogP) is 4.09. The standard InChI is InChI=1S/C26H21FN2O6/c1-33-20-10-7-19(8-11-20)29-25(31)22(24(30)28-26(29)32)13-17-6-9-21(34-2)14-23(17)35-15-16-4-3-5-18(27)12-16/h3-14H,15H2,1-2H3,(H,28,30,32)/b22-13+. The van der Waals surface area contributed by atoms with Gasteiger partial charge in [0, 0.05) is 11.6 Å². The summed E-state index contributed by atoms with van der Waals surface area (Å²) in [6, 6.07) is 16.2. The summed E-state index contributed by atoms with van der Waals surface area (Å²) in [6.45, 7) is 0.0394. The monoisotopic (exact) mass is 476 g/mol. The van der Waals surface area contributed by atoms with Crippen LogP contribution in [-0.4, -0.2) is 32.1 Å². The van der Waals surface area contributed by atoms with Crippen molar-refractivity contribution in [2.24, 2.45) is 0 Å². The maximum Gasteiger partial charge on any atom is 0.335 e. The molecule has 0 spiro atoms. The largest absolute Gasteiger partial charge is 0.497 e. The van der Waals surface area contributed by atoms with E-state index < -0.39 is 23.7 Å². The molecule has 3 aromatic carbocycles. The van der Waals surface area contributed by atoms with E-state index in [1.807, 2.05) is 0 Å². The number of hydrogen-bond acceptors (Lipinski definition) is 6. The highest BCUT2D eigenvalue weighted by molar-refractivity contribution is 6.39. The number of methoxy groups -OCH3 is 2. The van der Waals surface area contributed by atoms with Crippen molar-refractivity contribution >= 4 is 29.6 Å². The zero-order valence-electron chi connectivity index (χ0n) is 18.9. The van der Waals surface area contributed by atoms with Gasteiger partial charge in [-0.15, -0.1) is 0 Å². The van der Waals surface area contributed by atoms with Gasteiger partial charge in [0.15, 0.2) is 0 Å². The van der Waals surface area contributed by atoms with E-state index in [0.29, 0.717) is 28.4 Å². The van der Waals surface area contributed by atoms with Crippen LogP contribution >= 0.6 is 0 Å². The van der Waals surface area contributed by atoms with Crippen LogP contribution in [-0.2, 0) is 16.2 Å². The van der Waals surface area contributed by atoms with Crippen LogP contribution in [0.25, 0.3) is 6.08 Å². The maximum absolute atomic E-state index is 13.5. The van der Waals surface area contributed by atoms with E-state index in [2.05, 4.69) is 5.32 Å². The lowest BCUT2D eigenvalue weighted by Gasteiger charge is -2.26. The number of nitrogens with zero attached hydrogens (tertiary/aromatic N) is 1. The summed E-state index contributed by atoms with van der Waals surface area (Å²) < 4.78 is 29.8. The first-order valence-corrected chi connectivity index (χ1v) is 10.5. The fourth-order valence-corrected chi connectivity index (χ4v) is 3.45. The average molecular weight is 476 g/mol. The normalized spacial score (nSPS) is 14.7. The Bertz CT molecular complexity index is 1320. The van der Waals surface area contributed by atoms with Crippen LogP contribution in [0.15, 0.2) is 72.3 Å². The smallest absolute Gasteiger partial charge is 0.335 e. The summed E-state index contributed by atoms with van der Waals surface area (Å²) in [5.74, 6) is -0.700. The Balaban J connectivity index is 1.67. The Morgan fingerprint density at radius 2 is 1.63 bits per heavy atom. The van der Waals surface area contributed by atoms with E-state index in [9.17, 15) is 18.8 Å². The Kier molecular flexibility index (Phi) is 6.77. The van der Waals surface area contributed by atoms with Gasteiger partial charge in [-0.1, -0.05) is 12.1 Å². The molecule has 1 saturated heterocycles. The molecule has 1 aliphatic rings. The molecule has 1 N–H and O–H groups in total. The highest BCUT2D eigenvalue weighted by Gasteiger charge is 2.37. The number of barbiturate groups is 1. The van der Waals surface area contributed by atoms with E-state index in [1.54, 1.807) is 42.5 Å². The van der Waals surface area contributed by atoms with Gasteiger partial charge in [0.05, 0.1) is 19.9 Å². The maximum atomic E-state index is 13.5. The summed E-state index contributed by atoms with van der Waals surface area (Å²) in [5, 5.41) is 2.18. The average Bonchev–Trinajstić information content (AvgIpc) is 2.86. The number of imide groups is 2. The highest BCUT2D eigenvalue weighted by Crippen LogP contribution is 2.30. The Morgan fingerprint density at radius 1 is 0.914 bits per heavy atom. The SMILES string of the molecule is COc1ccc(N2C(=O)NC(=O)/C(=C\c3ccc(OC)cc3OCc3cccc(F)c3)C2=O)cc1. The number of nitrogens with one attached hydrogen (secondary N) is 1. The van der Waals surface area contributed by atoms with E-state index >= 15 is 0 Å². The van der Waals surface area contributed by atoms with Crippen LogP contribution in [0.4, 0.5) is 14.9 Å².